The molecule has 0 atom stereocenters. The van der Waals surface area contributed by atoms with Crippen LogP contribution in [0, 0.1) is 0 Å². The van der Waals surface area contributed by atoms with Crippen LogP contribution in [0.15, 0.2) is 91.5 Å². The van der Waals surface area contributed by atoms with E-state index in [0.29, 0.717) is 6.54 Å². The van der Waals surface area contributed by atoms with Gasteiger partial charge in [0, 0.05) is 30.2 Å². The first-order valence-electron chi connectivity index (χ1n) is 9.26. The number of aromatic nitrogens is 4. The van der Waals surface area contributed by atoms with E-state index in [1.165, 1.54) is 11.6 Å². The first-order valence-corrected chi connectivity index (χ1v) is 9.26. The molecule has 144 valence electrons. The lowest BCUT2D eigenvalue weighted by atomic mass is 10.2. The Bertz CT molecular complexity index is 1080. The molecule has 0 N–H and O–H groups in total. The molecule has 2 aromatic heterocycles. The predicted molar refractivity (Wildman–Crippen MR) is 110 cm³/mol. The number of hydrogen-bond acceptors (Lipinski definition) is 4. The molecule has 0 saturated heterocycles. The van der Waals surface area contributed by atoms with Crippen molar-refractivity contribution in [3.63, 3.8) is 0 Å². The van der Waals surface area contributed by atoms with Gasteiger partial charge in [0.2, 0.25) is 0 Å². The van der Waals surface area contributed by atoms with Gasteiger partial charge in [0.15, 0.2) is 0 Å². The van der Waals surface area contributed by atoms with Crippen LogP contribution in [0.1, 0.15) is 16.7 Å². The Kier molecular flexibility index (Phi) is 5.62. The zero-order chi connectivity index (χ0) is 19.9. The molecule has 6 nitrogen and oxygen atoms in total. The van der Waals surface area contributed by atoms with Gasteiger partial charge >= 0.3 is 5.97 Å². The predicted octanol–water partition coefficient (Wildman–Crippen LogP) is 3.87. The lowest BCUT2D eigenvalue weighted by Crippen LogP contribution is -2.01. The molecule has 0 fully saturated rings. The molecule has 29 heavy (non-hydrogen) atoms. The highest BCUT2D eigenvalue weighted by atomic mass is 16.5. The van der Waals surface area contributed by atoms with Gasteiger partial charge in [-0.25, -0.2) is 9.48 Å². The van der Waals surface area contributed by atoms with Crippen molar-refractivity contribution < 1.29 is 9.53 Å². The average molecular weight is 384 g/mol. The van der Waals surface area contributed by atoms with Crippen LogP contribution in [-0.4, -0.2) is 25.5 Å². The van der Waals surface area contributed by atoms with Crippen LogP contribution in [0.25, 0.3) is 11.8 Å². The molecular formula is C23H20N4O2. The zero-order valence-corrected chi connectivity index (χ0v) is 15.8. The van der Waals surface area contributed by atoms with Gasteiger partial charge in [0.25, 0.3) is 0 Å². The van der Waals surface area contributed by atoms with Crippen LogP contribution in [-0.2, 0) is 22.7 Å². The Morgan fingerprint density at radius 1 is 0.966 bits per heavy atom. The normalized spacial score (nSPS) is 11.0. The molecule has 0 spiro atoms. The number of esters is 1. The quantitative estimate of drug-likeness (QED) is 0.358. The Balaban J connectivity index is 1.28. The molecule has 4 aromatic rings. The van der Waals surface area contributed by atoms with Crippen molar-refractivity contribution in [3.8, 4) is 5.69 Å². The number of nitrogens with zero attached hydrogens (tertiary/aromatic N) is 4. The minimum Gasteiger partial charge on any atom is -0.458 e. The molecule has 0 radical (unpaired) electrons. The fourth-order valence-corrected chi connectivity index (χ4v) is 2.86. The van der Waals surface area contributed by atoms with E-state index >= 15 is 0 Å². The van der Waals surface area contributed by atoms with Crippen molar-refractivity contribution in [3.05, 3.63) is 108 Å². The molecule has 0 amide bonds. The van der Waals surface area contributed by atoms with Crippen LogP contribution in [0.5, 0.6) is 0 Å². The number of benzene rings is 2. The van der Waals surface area contributed by atoms with Crippen molar-refractivity contribution in [1.29, 1.82) is 0 Å². The Morgan fingerprint density at radius 2 is 1.79 bits per heavy atom. The van der Waals surface area contributed by atoms with Gasteiger partial charge in [-0.15, -0.1) is 0 Å². The third kappa shape index (κ3) is 5.07. The minimum absolute atomic E-state index is 0.218. The van der Waals surface area contributed by atoms with Crippen LogP contribution < -0.4 is 0 Å². The smallest absolute Gasteiger partial charge is 0.331 e. The maximum absolute atomic E-state index is 12.0. The van der Waals surface area contributed by atoms with Crippen molar-refractivity contribution in [2.24, 2.45) is 0 Å². The Morgan fingerprint density at radius 3 is 2.55 bits per heavy atom. The summed E-state index contributed by atoms with van der Waals surface area (Å²) in [6, 6.07) is 19.7. The zero-order valence-electron chi connectivity index (χ0n) is 15.8. The van der Waals surface area contributed by atoms with E-state index in [1.807, 2.05) is 65.6 Å². The minimum atomic E-state index is -0.392. The van der Waals surface area contributed by atoms with Gasteiger partial charge in [-0.3, -0.25) is 4.68 Å². The summed E-state index contributed by atoms with van der Waals surface area (Å²) in [5, 5.41) is 8.50. The third-order valence-corrected chi connectivity index (χ3v) is 4.34. The molecule has 2 aromatic carbocycles. The SMILES string of the molecule is O=C(/C=C/c1cnn(Cc2ccccc2)c1)OCc1ccc(-n2cccn2)cc1. The summed E-state index contributed by atoms with van der Waals surface area (Å²) in [5.41, 5.74) is 3.89. The van der Waals surface area contributed by atoms with Crippen LogP contribution in [0.3, 0.4) is 0 Å². The molecule has 0 aliphatic heterocycles. The van der Waals surface area contributed by atoms with Gasteiger partial charge in [-0.1, -0.05) is 42.5 Å². The van der Waals surface area contributed by atoms with Gasteiger partial charge < -0.3 is 4.74 Å². The average Bonchev–Trinajstić information content (AvgIpc) is 3.44. The number of rotatable bonds is 7. The topological polar surface area (TPSA) is 61.9 Å². The first-order chi connectivity index (χ1) is 14.3. The number of hydrogen-bond donors (Lipinski definition) is 0. The van der Waals surface area contributed by atoms with E-state index in [2.05, 4.69) is 22.3 Å². The number of ether oxygens (including phenoxy) is 1. The second-order valence-electron chi connectivity index (χ2n) is 6.51. The number of carbonyl (C=O) groups excluding carboxylic acids is 1. The second kappa shape index (κ2) is 8.84. The van der Waals surface area contributed by atoms with Crippen molar-refractivity contribution >= 4 is 12.0 Å². The van der Waals surface area contributed by atoms with E-state index < -0.39 is 5.97 Å². The third-order valence-electron chi connectivity index (χ3n) is 4.34. The van der Waals surface area contributed by atoms with Crippen molar-refractivity contribution in [2.45, 2.75) is 13.2 Å². The first kappa shape index (κ1) is 18.4. The molecule has 6 heteroatoms. The molecule has 0 aliphatic rings. The summed E-state index contributed by atoms with van der Waals surface area (Å²) in [6.45, 7) is 0.906. The molecule has 4 rings (SSSR count). The lowest BCUT2D eigenvalue weighted by molar-refractivity contribution is -0.138. The largest absolute Gasteiger partial charge is 0.458 e. The molecule has 2 heterocycles. The molecule has 0 saturated carbocycles. The van der Waals surface area contributed by atoms with Gasteiger partial charge in [0.1, 0.15) is 6.61 Å². The van der Waals surface area contributed by atoms with E-state index in [4.69, 9.17) is 4.74 Å². The lowest BCUT2D eigenvalue weighted by Gasteiger charge is -2.05. The van der Waals surface area contributed by atoms with Gasteiger partial charge in [-0.2, -0.15) is 10.2 Å². The summed E-state index contributed by atoms with van der Waals surface area (Å²) in [7, 11) is 0. The fourth-order valence-electron chi connectivity index (χ4n) is 2.86. The number of carbonyl (C=O) groups is 1. The standard InChI is InChI=1S/C23H20N4O2/c28-23(29-18-20-7-10-22(11-8-20)27-14-4-13-24-27)12-9-21-15-25-26(17-21)16-19-5-2-1-3-6-19/h1-15,17H,16,18H2/b12-9+. The summed E-state index contributed by atoms with van der Waals surface area (Å²) < 4.78 is 8.92. The summed E-state index contributed by atoms with van der Waals surface area (Å²) in [5.74, 6) is -0.392. The molecular weight excluding hydrogens is 364 g/mol. The summed E-state index contributed by atoms with van der Waals surface area (Å²) in [4.78, 5) is 12.0. The van der Waals surface area contributed by atoms with Crippen molar-refractivity contribution in [2.75, 3.05) is 0 Å². The Hall–Kier alpha value is -3.93. The maximum Gasteiger partial charge on any atom is 0.331 e. The van der Waals surface area contributed by atoms with Gasteiger partial charge in [-0.05, 0) is 35.4 Å². The van der Waals surface area contributed by atoms with E-state index in [1.54, 1.807) is 23.2 Å². The molecule has 0 bridgehead atoms. The van der Waals surface area contributed by atoms with E-state index in [-0.39, 0.29) is 6.61 Å². The highest BCUT2D eigenvalue weighted by Crippen LogP contribution is 2.10. The Labute approximate surface area is 168 Å². The monoisotopic (exact) mass is 384 g/mol. The second-order valence-corrected chi connectivity index (χ2v) is 6.51. The van der Waals surface area contributed by atoms with Crippen LogP contribution in [0.4, 0.5) is 0 Å². The van der Waals surface area contributed by atoms with Crippen LogP contribution >= 0.6 is 0 Å². The fraction of sp³-hybridized carbons (Fsp3) is 0.0870. The van der Waals surface area contributed by atoms with E-state index in [9.17, 15) is 4.79 Å². The van der Waals surface area contributed by atoms with Gasteiger partial charge in [0.05, 0.1) is 18.4 Å². The highest BCUT2D eigenvalue weighted by Gasteiger charge is 2.02. The summed E-state index contributed by atoms with van der Waals surface area (Å²) in [6.07, 6.45) is 10.3. The van der Waals surface area contributed by atoms with Crippen LogP contribution in [0.2, 0.25) is 0 Å². The van der Waals surface area contributed by atoms with E-state index in [0.717, 1.165) is 16.8 Å². The molecule has 0 aliphatic carbocycles. The summed E-state index contributed by atoms with van der Waals surface area (Å²) >= 11 is 0. The molecule has 0 unspecified atom stereocenters. The van der Waals surface area contributed by atoms with Crippen molar-refractivity contribution in [1.82, 2.24) is 19.6 Å². The highest BCUT2D eigenvalue weighted by molar-refractivity contribution is 5.86. The maximum atomic E-state index is 12.0.